The summed E-state index contributed by atoms with van der Waals surface area (Å²) < 4.78 is 0. The van der Waals surface area contributed by atoms with Crippen molar-refractivity contribution >= 4 is 0 Å². The topological polar surface area (TPSA) is 55.7 Å². The molecular weight excluding hydrogens is 216 g/mol. The second-order valence-corrected chi connectivity index (χ2v) is 5.19. The highest BCUT2D eigenvalue weighted by atomic mass is 16.3. The van der Waals surface area contributed by atoms with Crippen molar-refractivity contribution in [2.24, 2.45) is 0 Å². The summed E-state index contributed by atoms with van der Waals surface area (Å²) in [5.74, 6) is 0. The molecule has 102 valence electrons. The molecule has 1 rings (SSSR count). The molecule has 1 heterocycles. The lowest BCUT2D eigenvalue weighted by Gasteiger charge is -2.32. The highest BCUT2D eigenvalue weighted by Crippen LogP contribution is 2.14. The lowest BCUT2D eigenvalue weighted by molar-refractivity contribution is 0.0924. The third kappa shape index (κ3) is 4.54. The summed E-state index contributed by atoms with van der Waals surface area (Å²) in [6.07, 6.45) is 3.94. The van der Waals surface area contributed by atoms with Gasteiger partial charge in [-0.3, -0.25) is 0 Å². The Balaban J connectivity index is 2.27. The van der Waals surface area contributed by atoms with Gasteiger partial charge in [0.25, 0.3) is 0 Å². The van der Waals surface area contributed by atoms with Gasteiger partial charge in [-0.2, -0.15) is 0 Å². The van der Waals surface area contributed by atoms with Crippen LogP contribution in [0.5, 0.6) is 0 Å². The van der Waals surface area contributed by atoms with Crippen LogP contribution in [0.1, 0.15) is 39.5 Å². The molecule has 1 aliphatic rings. The predicted molar refractivity (Wildman–Crippen MR) is 70.1 cm³/mol. The minimum Gasteiger partial charge on any atom is -0.394 e. The van der Waals surface area contributed by atoms with E-state index in [1.54, 1.807) is 0 Å². The largest absolute Gasteiger partial charge is 0.394 e. The molecule has 0 aromatic heterocycles. The van der Waals surface area contributed by atoms with Gasteiger partial charge in [-0.25, -0.2) is 0 Å². The van der Waals surface area contributed by atoms with E-state index >= 15 is 0 Å². The van der Waals surface area contributed by atoms with E-state index in [0.717, 1.165) is 32.5 Å². The smallest absolute Gasteiger partial charge is 0.0791 e. The number of aliphatic hydroxyl groups is 2. The molecule has 3 N–H and O–H groups in total. The Morgan fingerprint density at radius 2 is 1.82 bits per heavy atom. The molecule has 17 heavy (non-hydrogen) atoms. The van der Waals surface area contributed by atoms with Gasteiger partial charge in [0, 0.05) is 18.6 Å². The summed E-state index contributed by atoms with van der Waals surface area (Å²) in [5, 5.41) is 22.7. The number of aliphatic hydroxyl groups excluding tert-OH is 2. The first-order valence-corrected chi connectivity index (χ1v) is 6.92. The van der Waals surface area contributed by atoms with Gasteiger partial charge in [-0.1, -0.05) is 13.8 Å². The van der Waals surface area contributed by atoms with Crippen LogP contribution in [0.15, 0.2) is 0 Å². The molecule has 0 spiro atoms. The number of hydrogen-bond acceptors (Lipinski definition) is 4. The van der Waals surface area contributed by atoms with E-state index in [-0.39, 0.29) is 18.2 Å². The fraction of sp³-hybridized carbons (Fsp3) is 1.00. The first-order valence-electron chi connectivity index (χ1n) is 6.92. The summed E-state index contributed by atoms with van der Waals surface area (Å²) in [6.45, 7) is 7.82. The van der Waals surface area contributed by atoms with Crippen LogP contribution in [0.4, 0.5) is 0 Å². The Kier molecular flexibility index (Phi) is 6.41. The Morgan fingerprint density at radius 1 is 1.24 bits per heavy atom. The van der Waals surface area contributed by atoms with Crippen molar-refractivity contribution in [1.29, 1.82) is 0 Å². The average molecular weight is 244 g/mol. The summed E-state index contributed by atoms with van der Waals surface area (Å²) in [7, 11) is 0. The first-order chi connectivity index (χ1) is 8.15. The number of β-amino-alcohol motifs (C(OH)–C–C–N with tert-alkyl or cyclic N) is 1. The van der Waals surface area contributed by atoms with Crippen molar-refractivity contribution in [1.82, 2.24) is 10.2 Å². The lowest BCUT2D eigenvalue weighted by Crippen LogP contribution is -2.51. The van der Waals surface area contributed by atoms with Gasteiger partial charge < -0.3 is 20.4 Å². The second kappa shape index (κ2) is 7.31. The van der Waals surface area contributed by atoms with E-state index in [0.29, 0.717) is 6.54 Å². The molecule has 0 aliphatic carbocycles. The molecule has 0 radical (unpaired) electrons. The zero-order valence-electron chi connectivity index (χ0n) is 11.3. The van der Waals surface area contributed by atoms with Crippen LogP contribution in [-0.2, 0) is 0 Å². The molecule has 4 heteroatoms. The van der Waals surface area contributed by atoms with Crippen LogP contribution in [0.2, 0.25) is 0 Å². The van der Waals surface area contributed by atoms with E-state index in [1.807, 2.05) is 0 Å². The number of rotatable bonds is 8. The summed E-state index contributed by atoms with van der Waals surface area (Å²) in [5.41, 5.74) is -0.216. The molecule has 1 atom stereocenters. The maximum Gasteiger partial charge on any atom is 0.0791 e. The van der Waals surface area contributed by atoms with E-state index < -0.39 is 0 Å². The second-order valence-electron chi connectivity index (χ2n) is 5.19. The van der Waals surface area contributed by atoms with Crippen LogP contribution < -0.4 is 5.32 Å². The summed E-state index contributed by atoms with van der Waals surface area (Å²) in [6, 6.07) is 0. The van der Waals surface area contributed by atoms with Crippen molar-refractivity contribution in [2.45, 2.75) is 51.2 Å². The molecule has 0 aromatic carbocycles. The van der Waals surface area contributed by atoms with Crippen molar-refractivity contribution < 1.29 is 10.2 Å². The quantitative estimate of drug-likeness (QED) is 0.585. The third-order valence-corrected chi connectivity index (χ3v) is 4.04. The highest BCUT2D eigenvalue weighted by Gasteiger charge is 2.25. The normalized spacial score (nSPS) is 19.8. The molecule has 1 aliphatic heterocycles. The van der Waals surface area contributed by atoms with E-state index in [9.17, 15) is 10.2 Å². The van der Waals surface area contributed by atoms with E-state index in [1.165, 1.54) is 12.8 Å². The van der Waals surface area contributed by atoms with Crippen molar-refractivity contribution in [3.8, 4) is 0 Å². The molecule has 0 amide bonds. The number of nitrogens with zero attached hydrogens (tertiary/aromatic N) is 1. The van der Waals surface area contributed by atoms with Gasteiger partial charge >= 0.3 is 0 Å². The molecule has 4 nitrogen and oxygen atoms in total. The summed E-state index contributed by atoms with van der Waals surface area (Å²) in [4.78, 5) is 2.31. The maximum absolute atomic E-state index is 9.97. The molecule has 0 aromatic rings. The molecule has 1 unspecified atom stereocenters. The third-order valence-electron chi connectivity index (χ3n) is 4.04. The van der Waals surface area contributed by atoms with E-state index in [2.05, 4.69) is 24.1 Å². The van der Waals surface area contributed by atoms with E-state index in [4.69, 9.17) is 0 Å². The van der Waals surface area contributed by atoms with Crippen molar-refractivity contribution in [2.75, 3.05) is 32.8 Å². The molecule has 1 saturated heterocycles. The monoisotopic (exact) mass is 244 g/mol. The highest BCUT2D eigenvalue weighted by molar-refractivity contribution is 4.86. The molecule has 0 bridgehead atoms. The van der Waals surface area contributed by atoms with Crippen LogP contribution in [0.3, 0.4) is 0 Å². The average Bonchev–Trinajstić information content (AvgIpc) is 2.84. The SMILES string of the molecule is CCC(CC)(CO)NCC(O)CN1CCCC1. The fourth-order valence-corrected chi connectivity index (χ4v) is 2.44. The predicted octanol–water partition coefficient (Wildman–Crippen LogP) is 0.584. The molecule has 0 saturated carbocycles. The van der Waals surface area contributed by atoms with Crippen LogP contribution in [0.25, 0.3) is 0 Å². The number of nitrogens with one attached hydrogen (secondary N) is 1. The fourth-order valence-electron chi connectivity index (χ4n) is 2.44. The van der Waals surface area contributed by atoms with Gasteiger partial charge in [-0.05, 0) is 38.8 Å². The van der Waals surface area contributed by atoms with Gasteiger partial charge in [-0.15, -0.1) is 0 Å². The van der Waals surface area contributed by atoms with Crippen molar-refractivity contribution in [3.05, 3.63) is 0 Å². The van der Waals surface area contributed by atoms with Gasteiger partial charge in [0.2, 0.25) is 0 Å². The Morgan fingerprint density at radius 3 is 2.29 bits per heavy atom. The zero-order chi connectivity index (χ0) is 12.7. The first kappa shape index (κ1) is 14.9. The minimum atomic E-state index is -0.336. The Labute approximate surface area is 105 Å². The minimum absolute atomic E-state index is 0.135. The Hall–Kier alpha value is -0.160. The Bertz CT molecular complexity index is 193. The van der Waals surface area contributed by atoms with Gasteiger partial charge in [0.1, 0.15) is 0 Å². The number of hydrogen-bond donors (Lipinski definition) is 3. The van der Waals surface area contributed by atoms with Crippen LogP contribution >= 0.6 is 0 Å². The van der Waals surface area contributed by atoms with Gasteiger partial charge in [0.05, 0.1) is 12.7 Å². The zero-order valence-corrected chi connectivity index (χ0v) is 11.3. The van der Waals surface area contributed by atoms with Crippen LogP contribution in [0, 0.1) is 0 Å². The molecular formula is C13H28N2O2. The lowest BCUT2D eigenvalue weighted by atomic mass is 9.93. The molecule has 1 fully saturated rings. The maximum atomic E-state index is 9.97. The standard InChI is InChI=1S/C13H28N2O2/c1-3-13(4-2,11-16)14-9-12(17)10-15-7-5-6-8-15/h12,14,16-17H,3-11H2,1-2H3. The van der Waals surface area contributed by atoms with Crippen LogP contribution in [-0.4, -0.2) is 59.5 Å². The van der Waals surface area contributed by atoms with Gasteiger partial charge in [0.15, 0.2) is 0 Å². The van der Waals surface area contributed by atoms with Crippen molar-refractivity contribution in [3.63, 3.8) is 0 Å². The summed E-state index contributed by atoms with van der Waals surface area (Å²) >= 11 is 0. The number of likely N-dealkylation sites (tertiary alicyclic amines) is 1.